The van der Waals surface area contributed by atoms with Gasteiger partial charge in [0.15, 0.2) is 0 Å². The van der Waals surface area contributed by atoms with E-state index >= 15 is 0 Å². The Hall–Kier alpha value is -1.55. The number of amides is 1. The monoisotopic (exact) mass is 314 g/mol. The second-order valence-electron chi connectivity index (χ2n) is 7.28. The first kappa shape index (κ1) is 15.0. The number of piperidine rings is 1. The zero-order valence-corrected chi connectivity index (χ0v) is 13.8. The minimum absolute atomic E-state index is 0.156. The Bertz CT molecular complexity index is 576. The number of hydrogen-bond acceptors (Lipinski definition) is 3. The van der Waals surface area contributed by atoms with Gasteiger partial charge in [-0.15, -0.1) is 0 Å². The molecule has 1 saturated heterocycles. The van der Waals surface area contributed by atoms with Crippen LogP contribution in [0, 0.1) is 5.92 Å². The molecule has 2 atom stereocenters. The quantitative estimate of drug-likeness (QED) is 0.908. The molecule has 3 fully saturated rings. The van der Waals surface area contributed by atoms with E-state index in [9.17, 15) is 4.79 Å². The van der Waals surface area contributed by atoms with Crippen molar-refractivity contribution in [1.82, 2.24) is 10.2 Å². The summed E-state index contributed by atoms with van der Waals surface area (Å²) in [6, 6.07) is 9.36. The minimum Gasteiger partial charge on any atom is -0.497 e. The van der Waals surface area contributed by atoms with Crippen LogP contribution in [-0.2, 0) is 4.79 Å². The predicted octanol–water partition coefficient (Wildman–Crippen LogP) is 2.54. The summed E-state index contributed by atoms with van der Waals surface area (Å²) in [6.07, 6.45) is 5.94. The largest absolute Gasteiger partial charge is 0.497 e. The summed E-state index contributed by atoms with van der Waals surface area (Å²) in [5, 5.41) is 3.29. The van der Waals surface area contributed by atoms with Crippen LogP contribution in [0.2, 0.25) is 0 Å². The number of methoxy groups -OCH3 is 1. The van der Waals surface area contributed by atoms with E-state index in [0.29, 0.717) is 12.0 Å². The zero-order chi connectivity index (χ0) is 15.8. The molecule has 4 nitrogen and oxygen atoms in total. The maximum atomic E-state index is 12.5. The van der Waals surface area contributed by atoms with E-state index in [1.807, 2.05) is 12.1 Å². The van der Waals surface area contributed by atoms with Crippen molar-refractivity contribution in [3.63, 3.8) is 0 Å². The van der Waals surface area contributed by atoms with Gasteiger partial charge in [0, 0.05) is 31.1 Å². The highest BCUT2D eigenvalue weighted by atomic mass is 16.5. The molecule has 0 radical (unpaired) electrons. The lowest BCUT2D eigenvalue weighted by Gasteiger charge is -2.32. The van der Waals surface area contributed by atoms with E-state index in [-0.39, 0.29) is 11.8 Å². The van der Waals surface area contributed by atoms with Crippen LogP contribution in [-0.4, -0.2) is 43.1 Å². The molecule has 1 amide bonds. The molecule has 2 aliphatic carbocycles. The van der Waals surface area contributed by atoms with Crippen molar-refractivity contribution in [1.29, 1.82) is 0 Å². The van der Waals surface area contributed by atoms with Crippen LogP contribution in [0.1, 0.15) is 43.6 Å². The van der Waals surface area contributed by atoms with Gasteiger partial charge in [0.2, 0.25) is 5.91 Å². The second kappa shape index (κ2) is 6.16. The van der Waals surface area contributed by atoms with Gasteiger partial charge in [-0.3, -0.25) is 4.79 Å². The van der Waals surface area contributed by atoms with Gasteiger partial charge in [-0.25, -0.2) is 0 Å². The first-order chi connectivity index (χ1) is 11.2. The topological polar surface area (TPSA) is 41.6 Å². The first-order valence-electron chi connectivity index (χ1n) is 8.93. The Morgan fingerprint density at radius 1 is 1.22 bits per heavy atom. The zero-order valence-electron chi connectivity index (χ0n) is 13.8. The maximum Gasteiger partial charge on any atom is 0.223 e. The summed E-state index contributed by atoms with van der Waals surface area (Å²) in [4.78, 5) is 15.1. The SMILES string of the molecule is COc1cccc([C@H]2C[C@@H]2C(=O)NC2CCN(C3CC3)CC2)c1. The van der Waals surface area contributed by atoms with Crippen molar-refractivity contribution in [2.75, 3.05) is 20.2 Å². The number of carbonyl (C=O) groups is 1. The number of rotatable bonds is 5. The van der Waals surface area contributed by atoms with Gasteiger partial charge >= 0.3 is 0 Å². The average Bonchev–Trinajstić information content (AvgIpc) is 3.48. The van der Waals surface area contributed by atoms with Crippen LogP contribution in [0.5, 0.6) is 5.75 Å². The fourth-order valence-electron chi connectivity index (χ4n) is 3.88. The maximum absolute atomic E-state index is 12.5. The van der Waals surface area contributed by atoms with Gasteiger partial charge in [-0.1, -0.05) is 12.1 Å². The molecule has 4 rings (SSSR count). The lowest BCUT2D eigenvalue weighted by molar-refractivity contribution is -0.123. The van der Waals surface area contributed by atoms with Crippen molar-refractivity contribution >= 4 is 5.91 Å². The summed E-state index contributed by atoms with van der Waals surface area (Å²) < 4.78 is 5.28. The number of nitrogens with one attached hydrogen (secondary N) is 1. The normalized spacial score (nSPS) is 28.4. The van der Waals surface area contributed by atoms with E-state index in [1.165, 1.54) is 18.4 Å². The molecule has 1 heterocycles. The third-order valence-corrected chi connectivity index (χ3v) is 5.59. The summed E-state index contributed by atoms with van der Waals surface area (Å²) in [6.45, 7) is 2.30. The molecule has 23 heavy (non-hydrogen) atoms. The van der Waals surface area contributed by atoms with Crippen LogP contribution in [0.25, 0.3) is 0 Å². The standard InChI is InChI=1S/C19H26N2O2/c1-23-16-4-2-3-13(11-16)17-12-18(17)19(22)20-14-7-9-21(10-8-14)15-5-6-15/h2-4,11,14-15,17-18H,5-10,12H2,1H3,(H,20,22)/t17-,18+/m1/s1. The summed E-state index contributed by atoms with van der Waals surface area (Å²) in [7, 11) is 1.68. The summed E-state index contributed by atoms with van der Waals surface area (Å²) in [5.41, 5.74) is 1.23. The molecule has 1 aromatic rings. The van der Waals surface area contributed by atoms with Gasteiger partial charge in [0.25, 0.3) is 0 Å². The number of ether oxygens (including phenoxy) is 1. The molecule has 0 bridgehead atoms. The summed E-state index contributed by atoms with van der Waals surface area (Å²) >= 11 is 0. The number of nitrogens with zero attached hydrogens (tertiary/aromatic N) is 1. The van der Waals surface area contributed by atoms with Crippen LogP contribution in [0.15, 0.2) is 24.3 Å². The molecule has 0 unspecified atom stereocenters. The Balaban J connectivity index is 1.27. The van der Waals surface area contributed by atoms with Crippen LogP contribution in [0.3, 0.4) is 0 Å². The van der Waals surface area contributed by atoms with Gasteiger partial charge in [0.1, 0.15) is 5.75 Å². The molecule has 2 saturated carbocycles. The molecular formula is C19H26N2O2. The van der Waals surface area contributed by atoms with Gasteiger partial charge < -0.3 is 15.0 Å². The van der Waals surface area contributed by atoms with Gasteiger partial charge in [0.05, 0.1) is 7.11 Å². The fraction of sp³-hybridized carbons (Fsp3) is 0.632. The van der Waals surface area contributed by atoms with Crippen LogP contribution >= 0.6 is 0 Å². The molecule has 4 heteroatoms. The molecule has 1 N–H and O–H groups in total. The minimum atomic E-state index is 0.156. The fourth-order valence-corrected chi connectivity index (χ4v) is 3.88. The second-order valence-corrected chi connectivity index (χ2v) is 7.28. The molecule has 0 spiro atoms. The summed E-state index contributed by atoms with van der Waals surface area (Å²) in [5.74, 6) is 1.66. The van der Waals surface area contributed by atoms with Gasteiger partial charge in [-0.2, -0.15) is 0 Å². The number of carbonyl (C=O) groups excluding carboxylic acids is 1. The number of hydrogen-bond donors (Lipinski definition) is 1. The molecule has 3 aliphatic rings. The van der Waals surface area contributed by atoms with E-state index in [4.69, 9.17) is 4.74 Å². The number of benzene rings is 1. The van der Waals surface area contributed by atoms with Crippen LogP contribution < -0.4 is 10.1 Å². The van der Waals surface area contributed by atoms with E-state index in [0.717, 1.165) is 44.1 Å². The van der Waals surface area contributed by atoms with E-state index in [2.05, 4.69) is 22.3 Å². The molecule has 124 valence electrons. The van der Waals surface area contributed by atoms with Crippen molar-refractivity contribution in [2.24, 2.45) is 5.92 Å². The van der Waals surface area contributed by atoms with Crippen LogP contribution in [0.4, 0.5) is 0 Å². The van der Waals surface area contributed by atoms with Crippen molar-refractivity contribution in [2.45, 2.75) is 50.1 Å². The Morgan fingerprint density at radius 2 is 2.00 bits per heavy atom. The Morgan fingerprint density at radius 3 is 2.70 bits per heavy atom. The van der Waals surface area contributed by atoms with Gasteiger partial charge in [-0.05, 0) is 55.7 Å². The number of likely N-dealkylation sites (tertiary alicyclic amines) is 1. The third kappa shape index (κ3) is 3.37. The Kier molecular flexibility index (Phi) is 4.02. The lowest BCUT2D eigenvalue weighted by Crippen LogP contribution is -2.45. The molecule has 1 aromatic carbocycles. The third-order valence-electron chi connectivity index (χ3n) is 5.59. The van der Waals surface area contributed by atoms with Crippen molar-refractivity contribution in [3.05, 3.63) is 29.8 Å². The highest BCUT2D eigenvalue weighted by molar-refractivity contribution is 5.83. The first-order valence-corrected chi connectivity index (χ1v) is 8.93. The highest BCUT2D eigenvalue weighted by Crippen LogP contribution is 2.48. The highest BCUT2D eigenvalue weighted by Gasteiger charge is 2.44. The molecule has 1 aliphatic heterocycles. The smallest absolute Gasteiger partial charge is 0.223 e. The van der Waals surface area contributed by atoms with Crippen molar-refractivity contribution in [3.8, 4) is 5.75 Å². The average molecular weight is 314 g/mol. The molecular weight excluding hydrogens is 288 g/mol. The Labute approximate surface area is 138 Å². The van der Waals surface area contributed by atoms with E-state index < -0.39 is 0 Å². The predicted molar refractivity (Wildman–Crippen MR) is 89.6 cm³/mol. The van der Waals surface area contributed by atoms with E-state index in [1.54, 1.807) is 7.11 Å². The van der Waals surface area contributed by atoms with Crippen molar-refractivity contribution < 1.29 is 9.53 Å². The lowest BCUT2D eigenvalue weighted by atomic mass is 10.0. The molecule has 0 aromatic heterocycles.